The average Bonchev–Trinajstić information content (AvgIpc) is 1.62. The first-order chi connectivity index (χ1) is 59.1. The van der Waals surface area contributed by atoms with E-state index in [-0.39, 0.29) is 99.0 Å². The summed E-state index contributed by atoms with van der Waals surface area (Å²) in [6.45, 7) is 23.8. The van der Waals surface area contributed by atoms with E-state index in [9.17, 15) is 24.0 Å². The number of alkyl halides is 1. The van der Waals surface area contributed by atoms with Gasteiger partial charge in [0.25, 0.3) is 0 Å². The number of carbonyl (C=O) groups is 5. The van der Waals surface area contributed by atoms with Crippen LogP contribution in [-0.2, 0) is 30.7 Å². The first kappa shape index (κ1) is 110. The van der Waals surface area contributed by atoms with Crippen LogP contribution in [0.1, 0.15) is 253 Å². The van der Waals surface area contributed by atoms with Crippen molar-refractivity contribution in [2.45, 2.75) is 171 Å². The number of rotatable bonds is 15. The van der Waals surface area contributed by atoms with Crippen LogP contribution in [0.15, 0.2) is 147 Å². The molecule has 127 heavy (non-hydrogen) atoms. The van der Waals surface area contributed by atoms with Crippen molar-refractivity contribution < 1.29 is 108 Å². The van der Waals surface area contributed by atoms with Gasteiger partial charge in [0.2, 0.25) is 0 Å². The summed E-state index contributed by atoms with van der Waals surface area (Å²) in [6.07, 6.45) is 40.3. The van der Waals surface area contributed by atoms with Gasteiger partial charge in [0.1, 0.15) is 31.4 Å². The van der Waals surface area contributed by atoms with Gasteiger partial charge in [-0.15, -0.1) is 56.7 Å². The molecule has 10 heterocycles. The molecule has 0 spiro atoms. The Bertz CT molecular complexity index is 5260. The van der Waals surface area contributed by atoms with Crippen LogP contribution in [-0.4, -0.2) is 164 Å². The fourth-order valence-corrected chi connectivity index (χ4v) is 22.2. The number of pyridine rings is 2. The van der Waals surface area contributed by atoms with Crippen LogP contribution in [0.3, 0.4) is 0 Å². The van der Waals surface area contributed by atoms with Crippen LogP contribution in [0.4, 0.5) is 0 Å². The van der Waals surface area contributed by atoms with Gasteiger partial charge in [-0.2, -0.15) is 0 Å². The van der Waals surface area contributed by atoms with Gasteiger partial charge in [-0.05, 0) is 334 Å². The second kappa shape index (κ2) is 53.5. The zero-order valence-corrected chi connectivity index (χ0v) is 88.9. The first-order valence-corrected chi connectivity index (χ1v) is 50.7. The Morgan fingerprint density at radius 1 is 0.457 bits per heavy atom. The van der Waals surface area contributed by atoms with Crippen molar-refractivity contribution in [3.63, 3.8) is 0 Å². The summed E-state index contributed by atoms with van der Waals surface area (Å²) in [5.74, 6) is 9.19. The Morgan fingerprint density at radius 3 is 1.17 bits per heavy atom. The maximum absolute atomic E-state index is 12.6. The quantitative estimate of drug-likeness (QED) is 0.0179. The fourth-order valence-electron chi connectivity index (χ4n) is 16.9. The van der Waals surface area contributed by atoms with E-state index in [1.807, 2.05) is 58.7 Å². The van der Waals surface area contributed by atoms with Gasteiger partial charge in [0.15, 0.2) is 12.4 Å². The van der Waals surface area contributed by atoms with Gasteiger partial charge >= 0.3 is 78.3 Å². The summed E-state index contributed by atoms with van der Waals surface area (Å²) in [4.78, 5) is 78.7. The topological polar surface area (TPSA) is 188 Å². The number of esters is 5. The number of carbonyl (C=O) groups excluding carboxylic acids is 5. The second-order valence-corrected chi connectivity index (χ2v) is 41.6. The molecule has 5 aliphatic carbocycles. The fraction of sp³-hybridized carbons (Fsp3) is 0.475. The van der Waals surface area contributed by atoms with Crippen LogP contribution >= 0.6 is 102 Å². The number of hydrogen-bond donors (Lipinski definition) is 0. The van der Waals surface area contributed by atoms with Crippen LogP contribution in [0.25, 0.3) is 50.1 Å². The monoisotopic (exact) mass is 2040 g/mol. The van der Waals surface area contributed by atoms with E-state index < -0.39 is 0 Å². The molecule has 0 aromatic carbocycles. The molecule has 7 aromatic rings. The molecule has 1 N–H and O–H groups in total. The summed E-state index contributed by atoms with van der Waals surface area (Å²) < 4.78 is 28.1. The van der Waals surface area contributed by atoms with Crippen molar-refractivity contribution in [1.82, 2.24) is 19.7 Å². The molecule has 0 amide bonds. The van der Waals surface area contributed by atoms with E-state index in [1.54, 1.807) is 6.20 Å². The maximum atomic E-state index is 12.6. The minimum Gasteiger partial charge on any atom is -1.00 e. The van der Waals surface area contributed by atoms with E-state index in [0.29, 0.717) is 14.6 Å². The normalized spacial score (nSPS) is 19.5. The third kappa shape index (κ3) is 30.0. The molecule has 16 nitrogen and oxygen atoms in total. The molecule has 0 fully saturated rings. The number of aromatic nitrogens is 2. The standard InChI is InChI=1S/C25H33NO2S.C19H24INO2S.C19H25NO2S.C19H22NO2S.C18H19NO2S.CH3I.B.Li.Na.H2O.H/c1-17-7-9-18(10-8-17)22-16-26(5)14-12-20(22)21-15-19(11-13-25(2,3)4)29-23(21)24(27)28-6;1-12-4-6-13(7-5-12)16-11-21(2)9-8-14(16)15-10-17(20)24-18(15)19(22)23-3;2*1-13-4-6-14(7-5-13)17-12-20(2)10-8-15(17)16-9-11-23-18(16)19(21)22-3;1-12-3-5-13(6-4-12)16-11-19-9-7-14(16)15-8-10-22-17(15)18(20)21-2;1-2;;;;;/h9,15,17H,7-8,10,12,14,16H2,1-6H3;6,10,12H,4-5,7-9,11H2,1-3H3;6,9,11,13H,4-5,7-8,10,12H2,1-3H3;6,8-13H,4-5,7H2,1-3H3;5,7-12H,3-4,6H2,1-2H3;1H3;;;;1H2;/q;;;+1;;;;2*+1;;-1/p-1. The van der Waals surface area contributed by atoms with Crippen molar-refractivity contribution in [1.29, 1.82) is 0 Å². The molecular formula is C101H128BI2LiN5NaO11S5+. The molecule has 3 radical (unpaired) electrons. The number of hydrogen-bond acceptors (Lipinski definition) is 20. The van der Waals surface area contributed by atoms with Crippen molar-refractivity contribution >= 4 is 168 Å². The molecule has 5 atom stereocenters. The van der Waals surface area contributed by atoms with E-state index in [4.69, 9.17) is 23.7 Å². The molecule has 671 valence electrons. The molecule has 15 rings (SSSR count). The minimum absolute atomic E-state index is 0. The van der Waals surface area contributed by atoms with Gasteiger partial charge in [-0.1, -0.05) is 99.4 Å². The van der Waals surface area contributed by atoms with E-state index in [1.165, 1.54) is 204 Å². The van der Waals surface area contributed by atoms with Gasteiger partial charge < -0.3 is 45.3 Å². The Morgan fingerprint density at radius 2 is 0.795 bits per heavy atom. The number of methoxy groups -OCH3 is 5. The number of thiophene rings is 5. The van der Waals surface area contributed by atoms with Gasteiger partial charge in [-0.25, -0.2) is 28.5 Å². The smallest absolute Gasteiger partial charge is 1.00 e. The molecule has 26 heteroatoms. The van der Waals surface area contributed by atoms with Crippen molar-refractivity contribution in [3.05, 3.63) is 207 Å². The van der Waals surface area contributed by atoms with Crippen LogP contribution in [0.2, 0.25) is 0 Å². The third-order valence-electron chi connectivity index (χ3n) is 24.1. The Balaban J connectivity index is 0.000000280. The van der Waals surface area contributed by atoms with Gasteiger partial charge in [0.05, 0.1) is 43.3 Å². The van der Waals surface area contributed by atoms with Gasteiger partial charge in [0, 0.05) is 116 Å². The Kier molecular flexibility index (Phi) is 46.5. The zero-order valence-electron chi connectivity index (χ0n) is 79.5. The van der Waals surface area contributed by atoms with Crippen LogP contribution in [0, 0.1) is 49.7 Å². The number of nitrogens with zero attached hydrogens (tertiary/aromatic N) is 5. The van der Waals surface area contributed by atoms with E-state index in [2.05, 4.69) is 219 Å². The number of allylic oxidation sites excluding steroid dienone is 7. The van der Waals surface area contributed by atoms with Crippen molar-refractivity contribution in [2.24, 2.45) is 42.1 Å². The third-order valence-corrected chi connectivity index (χ3v) is 29.7. The summed E-state index contributed by atoms with van der Waals surface area (Å²) in [7, 11) is 15.8. The molecule has 3 aliphatic heterocycles. The average molecular weight is 2040 g/mol. The predicted molar refractivity (Wildman–Crippen MR) is 538 cm³/mol. The maximum Gasteiger partial charge on any atom is 1.00 e. The van der Waals surface area contributed by atoms with E-state index in [0.717, 1.165) is 202 Å². The zero-order chi connectivity index (χ0) is 88.8. The SMILES string of the molecule is CI.COC(=O)c1sc(C#CC(C)(C)C)cc1C1=C(C2=CCC(C)CC2)CN(C)CC1.COC(=O)c1sc(I)cc1C1=C(C2=CCC(C)CC2)CN(C)CC1.COC(=O)c1sccc1-c1cc[n+](C)cc1C1=CCC(C)CC1.COC(=O)c1sccc1-c1ccncc1C1=CCC(C)CC1.COC(=O)c1sccc1C1=C(C2=CCC(C)CC2)CN(C)CC1.[B].[H-].[Li+].[Na+].[OH-]. The summed E-state index contributed by atoms with van der Waals surface area (Å²) in [5.41, 5.74) is 25.1. The second-order valence-electron chi connectivity index (χ2n) is 34.8. The molecule has 8 aliphatic rings. The first-order valence-electron chi connectivity index (χ1n) is 43.2. The summed E-state index contributed by atoms with van der Waals surface area (Å²) >= 11 is 11.8. The largest absolute Gasteiger partial charge is 1.00 e. The molecule has 0 saturated carbocycles. The predicted octanol–water partition coefficient (Wildman–Crippen LogP) is 18.8. The van der Waals surface area contributed by atoms with E-state index >= 15 is 0 Å². The van der Waals surface area contributed by atoms with Crippen LogP contribution in [0.5, 0.6) is 0 Å². The molecule has 7 aromatic heterocycles. The minimum atomic E-state index is -0.279. The summed E-state index contributed by atoms with van der Waals surface area (Å²) in [5, 5.41) is 5.89. The number of ether oxygens (including phenoxy) is 5. The number of aryl methyl sites for hydroxylation is 1. The number of halogens is 2. The van der Waals surface area contributed by atoms with Crippen molar-refractivity contribution in [2.75, 3.05) is 101 Å². The van der Waals surface area contributed by atoms with Gasteiger partial charge in [-0.3, -0.25) is 4.98 Å². The molecule has 0 saturated heterocycles. The Labute approximate surface area is 841 Å². The summed E-state index contributed by atoms with van der Waals surface area (Å²) in [6, 6.07) is 14.4. The number of likely N-dealkylation sites (N-methyl/N-ethyl adjacent to an activating group) is 3. The van der Waals surface area contributed by atoms with Crippen LogP contribution < -0.4 is 53.0 Å². The molecule has 0 bridgehead atoms. The molecule has 5 unspecified atom stereocenters. The molecular weight excluding hydrogens is 1910 g/mol. The van der Waals surface area contributed by atoms with Crippen molar-refractivity contribution in [3.8, 4) is 34.1 Å². The Hall–Kier alpha value is -5.41.